The number of carbonyl (C=O) groups excluding carboxylic acids is 1. The molecule has 0 aromatic carbocycles. The molecule has 0 spiro atoms. The van der Waals surface area contributed by atoms with Gasteiger partial charge in [0.2, 0.25) is 0 Å². The van der Waals surface area contributed by atoms with Crippen LogP contribution in [0.1, 0.15) is 43.7 Å². The SMILES string of the molecule is CCCNC1COCC1C(=O)c1c(Br)cnn1C(C)C. The number of Topliss-reactive ketones (excluding diaryl/α,β-unsaturated/α-hetero) is 1. The van der Waals surface area contributed by atoms with E-state index in [-0.39, 0.29) is 23.8 Å². The molecule has 20 heavy (non-hydrogen) atoms. The molecule has 1 aromatic rings. The molecule has 1 saturated heterocycles. The quantitative estimate of drug-likeness (QED) is 0.806. The molecule has 1 aliphatic rings. The predicted molar refractivity (Wildman–Crippen MR) is 81.0 cm³/mol. The van der Waals surface area contributed by atoms with Gasteiger partial charge in [0.1, 0.15) is 5.69 Å². The molecule has 0 radical (unpaired) electrons. The molecular weight excluding hydrogens is 322 g/mol. The summed E-state index contributed by atoms with van der Waals surface area (Å²) in [7, 11) is 0. The zero-order valence-corrected chi connectivity index (χ0v) is 13.8. The third-order valence-electron chi connectivity index (χ3n) is 3.55. The van der Waals surface area contributed by atoms with E-state index in [4.69, 9.17) is 4.74 Å². The first-order valence-corrected chi connectivity index (χ1v) is 7.93. The van der Waals surface area contributed by atoms with Crippen LogP contribution in [-0.2, 0) is 4.74 Å². The largest absolute Gasteiger partial charge is 0.379 e. The van der Waals surface area contributed by atoms with Gasteiger partial charge in [-0.15, -0.1) is 0 Å². The standard InChI is InChI=1S/C14H22BrN3O2/c1-4-5-16-12-8-20-7-10(12)14(19)13-11(15)6-17-18(13)9(2)3/h6,9-10,12,16H,4-5,7-8H2,1-3H3. The molecule has 0 aliphatic carbocycles. The number of aromatic nitrogens is 2. The minimum atomic E-state index is -0.132. The van der Waals surface area contributed by atoms with E-state index < -0.39 is 0 Å². The summed E-state index contributed by atoms with van der Waals surface area (Å²) in [6, 6.07) is 0.259. The monoisotopic (exact) mass is 343 g/mol. The van der Waals surface area contributed by atoms with Crippen LogP contribution in [0, 0.1) is 5.92 Å². The summed E-state index contributed by atoms with van der Waals surface area (Å²) in [5, 5.41) is 7.68. The van der Waals surface area contributed by atoms with Gasteiger partial charge in [-0.1, -0.05) is 6.92 Å². The molecule has 2 heterocycles. The van der Waals surface area contributed by atoms with E-state index in [1.165, 1.54) is 0 Å². The van der Waals surface area contributed by atoms with Gasteiger partial charge in [0.15, 0.2) is 5.78 Å². The summed E-state index contributed by atoms with van der Waals surface area (Å²) in [4.78, 5) is 12.8. The van der Waals surface area contributed by atoms with Crippen LogP contribution in [-0.4, -0.2) is 41.4 Å². The lowest BCUT2D eigenvalue weighted by Gasteiger charge is -2.19. The molecule has 5 nitrogen and oxygen atoms in total. The van der Waals surface area contributed by atoms with Gasteiger partial charge in [0.05, 0.1) is 29.8 Å². The Labute approximate surface area is 128 Å². The van der Waals surface area contributed by atoms with E-state index in [0.717, 1.165) is 17.4 Å². The average molecular weight is 344 g/mol. The smallest absolute Gasteiger partial charge is 0.189 e. The van der Waals surface area contributed by atoms with Crippen LogP contribution >= 0.6 is 15.9 Å². The molecule has 2 rings (SSSR count). The second kappa shape index (κ2) is 6.83. The van der Waals surface area contributed by atoms with E-state index >= 15 is 0 Å². The van der Waals surface area contributed by atoms with Gasteiger partial charge in [-0.05, 0) is 42.7 Å². The lowest BCUT2D eigenvalue weighted by Crippen LogP contribution is -2.40. The van der Waals surface area contributed by atoms with Crippen molar-refractivity contribution in [3.05, 3.63) is 16.4 Å². The van der Waals surface area contributed by atoms with Crippen molar-refractivity contribution in [3.8, 4) is 0 Å². The molecule has 1 aliphatic heterocycles. The van der Waals surface area contributed by atoms with Crippen molar-refractivity contribution in [2.75, 3.05) is 19.8 Å². The lowest BCUT2D eigenvalue weighted by molar-refractivity contribution is 0.0877. The molecule has 0 bridgehead atoms. The second-order valence-electron chi connectivity index (χ2n) is 5.45. The van der Waals surface area contributed by atoms with E-state index in [0.29, 0.717) is 18.9 Å². The van der Waals surface area contributed by atoms with Gasteiger partial charge < -0.3 is 10.1 Å². The third-order valence-corrected chi connectivity index (χ3v) is 4.13. The Balaban J connectivity index is 2.20. The van der Waals surface area contributed by atoms with Crippen LogP contribution in [0.3, 0.4) is 0 Å². The second-order valence-corrected chi connectivity index (χ2v) is 6.30. The van der Waals surface area contributed by atoms with Gasteiger partial charge in [0, 0.05) is 12.1 Å². The molecule has 112 valence electrons. The topological polar surface area (TPSA) is 56.1 Å². The summed E-state index contributed by atoms with van der Waals surface area (Å²) >= 11 is 3.44. The Hall–Kier alpha value is -0.720. The van der Waals surface area contributed by atoms with Crippen LogP contribution in [0.5, 0.6) is 0 Å². The maximum atomic E-state index is 12.8. The van der Waals surface area contributed by atoms with Gasteiger partial charge in [0.25, 0.3) is 0 Å². The summed E-state index contributed by atoms with van der Waals surface area (Å²) in [5.74, 6) is -0.0266. The number of hydrogen-bond donors (Lipinski definition) is 1. The van der Waals surface area contributed by atoms with E-state index in [1.807, 2.05) is 13.8 Å². The highest BCUT2D eigenvalue weighted by Crippen LogP contribution is 2.26. The number of hydrogen-bond acceptors (Lipinski definition) is 4. The summed E-state index contributed by atoms with van der Waals surface area (Å²) < 4.78 is 8.04. The fourth-order valence-electron chi connectivity index (χ4n) is 2.48. The van der Waals surface area contributed by atoms with Gasteiger partial charge in [-0.2, -0.15) is 5.10 Å². The van der Waals surface area contributed by atoms with Crippen LogP contribution < -0.4 is 5.32 Å². The molecule has 1 N–H and O–H groups in total. The number of nitrogens with one attached hydrogen (secondary N) is 1. The number of halogens is 1. The van der Waals surface area contributed by atoms with Gasteiger partial charge in [-0.25, -0.2) is 0 Å². The first kappa shape index (κ1) is 15.7. The highest BCUT2D eigenvalue weighted by Gasteiger charge is 2.36. The molecule has 2 unspecified atom stereocenters. The van der Waals surface area contributed by atoms with Crippen molar-refractivity contribution in [2.45, 2.75) is 39.3 Å². The van der Waals surface area contributed by atoms with Crippen molar-refractivity contribution in [1.82, 2.24) is 15.1 Å². The van der Waals surface area contributed by atoms with Crippen molar-refractivity contribution in [1.29, 1.82) is 0 Å². The number of nitrogens with zero attached hydrogens (tertiary/aromatic N) is 2. The summed E-state index contributed by atoms with van der Waals surface area (Å²) in [5.41, 5.74) is 0.652. The highest BCUT2D eigenvalue weighted by molar-refractivity contribution is 9.10. The van der Waals surface area contributed by atoms with E-state index in [2.05, 4.69) is 33.3 Å². The van der Waals surface area contributed by atoms with Crippen molar-refractivity contribution < 1.29 is 9.53 Å². The molecule has 2 atom stereocenters. The fraction of sp³-hybridized carbons (Fsp3) is 0.714. The van der Waals surface area contributed by atoms with E-state index in [9.17, 15) is 4.79 Å². The van der Waals surface area contributed by atoms with Crippen molar-refractivity contribution in [2.24, 2.45) is 5.92 Å². The zero-order valence-electron chi connectivity index (χ0n) is 12.2. The van der Waals surface area contributed by atoms with Crippen molar-refractivity contribution in [3.63, 3.8) is 0 Å². The van der Waals surface area contributed by atoms with Crippen LogP contribution in [0.4, 0.5) is 0 Å². The maximum absolute atomic E-state index is 12.8. The Morgan fingerprint density at radius 3 is 3.00 bits per heavy atom. The molecule has 1 aromatic heterocycles. The number of ketones is 1. The van der Waals surface area contributed by atoms with Crippen molar-refractivity contribution >= 4 is 21.7 Å². The number of carbonyl (C=O) groups is 1. The molecule has 0 amide bonds. The summed E-state index contributed by atoms with van der Waals surface area (Å²) in [6.45, 7) is 8.15. The minimum Gasteiger partial charge on any atom is -0.379 e. The molecular formula is C14H22BrN3O2. The van der Waals surface area contributed by atoms with Gasteiger partial charge >= 0.3 is 0 Å². The predicted octanol–water partition coefficient (Wildman–Crippen LogP) is 2.42. The minimum absolute atomic E-state index is 0.102. The lowest BCUT2D eigenvalue weighted by atomic mass is 9.96. The Kier molecular flexibility index (Phi) is 5.35. The third kappa shape index (κ3) is 3.13. The van der Waals surface area contributed by atoms with E-state index in [1.54, 1.807) is 10.9 Å². The Morgan fingerprint density at radius 2 is 2.35 bits per heavy atom. The molecule has 6 heteroatoms. The first-order chi connectivity index (χ1) is 9.56. The summed E-state index contributed by atoms with van der Waals surface area (Å²) in [6.07, 6.45) is 2.74. The molecule has 1 fully saturated rings. The molecule has 0 saturated carbocycles. The average Bonchev–Trinajstić information content (AvgIpc) is 3.01. The van der Waals surface area contributed by atoms with Crippen LogP contribution in [0.15, 0.2) is 10.7 Å². The number of ether oxygens (including phenoxy) is 1. The van der Waals surface area contributed by atoms with Crippen LogP contribution in [0.2, 0.25) is 0 Å². The number of rotatable bonds is 6. The zero-order chi connectivity index (χ0) is 14.7. The van der Waals surface area contributed by atoms with Gasteiger partial charge in [-0.3, -0.25) is 9.48 Å². The highest BCUT2D eigenvalue weighted by atomic mass is 79.9. The maximum Gasteiger partial charge on any atom is 0.189 e. The Morgan fingerprint density at radius 1 is 1.60 bits per heavy atom. The van der Waals surface area contributed by atoms with Crippen LogP contribution in [0.25, 0.3) is 0 Å². The normalized spacial score (nSPS) is 22.6. The first-order valence-electron chi connectivity index (χ1n) is 7.14. The fourth-order valence-corrected chi connectivity index (χ4v) is 2.95. The Bertz CT molecular complexity index is 473.